The first-order valence-corrected chi connectivity index (χ1v) is 8.66. The van der Waals surface area contributed by atoms with Crippen molar-refractivity contribution in [2.45, 2.75) is 79.1 Å². The summed E-state index contributed by atoms with van der Waals surface area (Å²) >= 11 is 0. The van der Waals surface area contributed by atoms with Gasteiger partial charge in [-0.15, -0.1) is 0 Å². The number of amides is 1. The normalized spacial score (nSPS) is 12.6. The Kier molecular flexibility index (Phi) is 9.03. The van der Waals surface area contributed by atoms with E-state index in [9.17, 15) is 19.2 Å². The predicted octanol–water partition coefficient (Wildman–Crippen LogP) is 1.44. The second-order valence-electron chi connectivity index (χ2n) is 7.91. The smallest absolute Gasteiger partial charge is 0.328 e. The van der Waals surface area contributed by atoms with E-state index in [4.69, 9.17) is 15.0 Å². The highest BCUT2D eigenvalue weighted by molar-refractivity contribution is 6.25. The van der Waals surface area contributed by atoms with E-state index < -0.39 is 46.8 Å². The van der Waals surface area contributed by atoms with Gasteiger partial charge >= 0.3 is 18.2 Å². The maximum atomic E-state index is 12.6. The largest absolute Gasteiger partial charge is 0.461 e. The molecule has 0 saturated carbocycles. The van der Waals surface area contributed by atoms with Crippen LogP contribution in [0.5, 0.6) is 0 Å². The lowest BCUT2D eigenvalue weighted by Crippen LogP contribution is -2.53. The van der Waals surface area contributed by atoms with Crippen LogP contribution < -0.4 is 5.32 Å². The molecule has 0 saturated heterocycles. The number of hydrogen-bond acceptors (Lipinski definition) is 6. The van der Waals surface area contributed by atoms with E-state index in [-0.39, 0.29) is 12.8 Å². The lowest BCUT2D eigenvalue weighted by Gasteiger charge is -2.29. The predicted molar refractivity (Wildman–Crippen MR) is 96.7 cm³/mol. The van der Waals surface area contributed by atoms with E-state index in [1.165, 1.54) is 13.8 Å². The number of hydrogen-bond donors (Lipinski definition) is 1. The van der Waals surface area contributed by atoms with Crippen molar-refractivity contribution in [2.75, 3.05) is 0 Å². The Balaban J connectivity index is 5.23. The Hall–Kier alpha value is -2.54. The number of esters is 2. The van der Waals surface area contributed by atoms with E-state index in [2.05, 4.69) is 10.1 Å². The minimum Gasteiger partial charge on any atom is -0.461 e. The highest BCUT2D eigenvalue weighted by Crippen LogP contribution is 2.21. The molecule has 0 heterocycles. The van der Waals surface area contributed by atoms with E-state index in [0.29, 0.717) is 6.21 Å². The van der Waals surface area contributed by atoms with Gasteiger partial charge in [-0.3, -0.25) is 14.4 Å². The van der Waals surface area contributed by atoms with Gasteiger partial charge in [0.25, 0.3) is 5.91 Å². The molecule has 0 rings (SSSR count). The van der Waals surface area contributed by atoms with Crippen LogP contribution in [-0.2, 0) is 28.7 Å². The number of nitrogens with one attached hydrogen (secondary N) is 1. The van der Waals surface area contributed by atoms with Crippen LogP contribution in [0.4, 0.5) is 0 Å². The van der Waals surface area contributed by atoms with E-state index in [0.717, 1.165) is 0 Å². The summed E-state index contributed by atoms with van der Waals surface area (Å²) in [4.78, 5) is 51.0. The molecule has 0 aliphatic heterocycles. The highest BCUT2D eigenvalue weighted by Gasteiger charge is 2.38. The zero-order valence-corrected chi connectivity index (χ0v) is 17.0. The Morgan fingerprint density at radius 1 is 1.11 bits per heavy atom. The average molecular weight is 383 g/mol. The van der Waals surface area contributed by atoms with Gasteiger partial charge in [0.15, 0.2) is 5.60 Å². The third kappa shape index (κ3) is 9.10. The van der Waals surface area contributed by atoms with Gasteiger partial charge in [0, 0.05) is 6.42 Å². The molecule has 0 aliphatic rings. The fourth-order valence-corrected chi connectivity index (χ4v) is 1.74. The minimum absolute atomic E-state index is 0.0640. The lowest BCUT2D eigenvalue weighted by molar-refractivity contribution is -0.173. The summed E-state index contributed by atoms with van der Waals surface area (Å²) in [5.41, 5.74) is 6.04. The van der Waals surface area contributed by atoms with Crippen LogP contribution in [0.3, 0.4) is 0 Å². The fourth-order valence-electron chi connectivity index (χ4n) is 1.74. The van der Waals surface area contributed by atoms with Crippen molar-refractivity contribution in [2.24, 2.45) is 5.41 Å². The van der Waals surface area contributed by atoms with Gasteiger partial charge in [-0.05, 0) is 54.9 Å². The van der Waals surface area contributed by atoms with Gasteiger partial charge in [0.1, 0.15) is 6.04 Å². The number of carbonyl (C=O) groups excluding carboxylic acids is 4. The van der Waals surface area contributed by atoms with Crippen LogP contribution in [0.2, 0.25) is 0 Å². The molecule has 1 N–H and O–H groups in total. The zero-order valence-electron chi connectivity index (χ0n) is 17.0. The van der Waals surface area contributed by atoms with Crippen LogP contribution >= 0.6 is 0 Å². The van der Waals surface area contributed by atoms with Crippen LogP contribution in [0.1, 0.15) is 61.3 Å². The summed E-state index contributed by atoms with van der Waals surface area (Å²) in [5, 5.41) is 2.47. The molecule has 0 fully saturated rings. The summed E-state index contributed by atoms with van der Waals surface area (Å²) in [7, 11) is 0. The van der Waals surface area contributed by atoms with Gasteiger partial charge < -0.3 is 20.3 Å². The zero-order chi connectivity index (χ0) is 21.4. The van der Waals surface area contributed by atoms with Gasteiger partial charge in [-0.2, -0.15) is 4.79 Å². The molecule has 1 amide bonds. The second-order valence-corrected chi connectivity index (χ2v) is 7.91. The molecule has 0 aliphatic carbocycles. The molecule has 0 aromatic carbocycles. The number of nitrogens with zero attached hydrogens (tertiary/aromatic N) is 2. The van der Waals surface area contributed by atoms with Gasteiger partial charge in [-0.25, -0.2) is 4.79 Å². The quantitative estimate of drug-likeness (QED) is 0.277. The van der Waals surface area contributed by atoms with Crippen LogP contribution in [-0.4, -0.2) is 52.4 Å². The molecule has 27 heavy (non-hydrogen) atoms. The summed E-state index contributed by atoms with van der Waals surface area (Å²) < 4.78 is 10.4. The lowest BCUT2D eigenvalue weighted by atomic mass is 9.96. The third-order valence-corrected chi connectivity index (χ3v) is 3.33. The highest BCUT2D eigenvalue weighted by atomic mass is 16.6. The van der Waals surface area contributed by atoms with Crippen molar-refractivity contribution in [3.05, 3.63) is 5.53 Å². The molecule has 0 aromatic rings. The maximum absolute atomic E-state index is 12.6. The molecule has 1 atom stereocenters. The van der Waals surface area contributed by atoms with E-state index >= 15 is 0 Å². The Morgan fingerprint density at radius 3 is 2.11 bits per heavy atom. The Labute approximate surface area is 159 Å². The van der Waals surface area contributed by atoms with Crippen LogP contribution in [0, 0.1) is 5.41 Å². The summed E-state index contributed by atoms with van der Waals surface area (Å²) in [6, 6.07) is -1.12. The molecule has 0 bridgehead atoms. The number of carbonyl (C=O) groups is 4. The van der Waals surface area contributed by atoms with Gasteiger partial charge in [-0.1, -0.05) is 0 Å². The molecule has 0 radical (unpaired) electrons. The molecule has 152 valence electrons. The number of rotatable bonds is 9. The molecule has 0 aromatic heterocycles. The Morgan fingerprint density at radius 2 is 1.67 bits per heavy atom. The molecular weight excluding hydrogens is 354 g/mol. The van der Waals surface area contributed by atoms with Crippen LogP contribution in [0.25, 0.3) is 5.53 Å². The molecule has 9 heteroatoms. The number of ketones is 1. The summed E-state index contributed by atoms with van der Waals surface area (Å²) in [6.45, 7) is 11.1. The fraction of sp³-hybridized carbons (Fsp3) is 0.722. The van der Waals surface area contributed by atoms with E-state index in [1.54, 1.807) is 34.6 Å². The second kappa shape index (κ2) is 9.97. The minimum atomic E-state index is -1.53. The molecule has 0 spiro atoms. The van der Waals surface area contributed by atoms with E-state index in [1.807, 2.05) is 0 Å². The van der Waals surface area contributed by atoms with Gasteiger partial charge in [0.05, 0.1) is 11.5 Å². The maximum Gasteiger partial charge on any atom is 0.328 e. The van der Waals surface area contributed by atoms with Crippen molar-refractivity contribution in [3.63, 3.8) is 0 Å². The number of Topliss-reactive ketones (excluding diaryl/α,β-unsaturated/α-hetero) is 1. The SMILES string of the molecule is CC(C)OC(=O)C(CCC(=O)C=[N+]=[N-])NC(=O)C(C)(C)OC(=O)C(C)(C)C. The average Bonchev–Trinajstić information content (AvgIpc) is 2.49. The van der Waals surface area contributed by atoms with Gasteiger partial charge in [0.2, 0.25) is 5.78 Å². The monoisotopic (exact) mass is 383 g/mol. The Bertz CT molecular complexity index is 627. The van der Waals surface area contributed by atoms with Crippen molar-refractivity contribution in [3.8, 4) is 0 Å². The van der Waals surface area contributed by atoms with Crippen molar-refractivity contribution in [1.29, 1.82) is 0 Å². The van der Waals surface area contributed by atoms with Crippen LogP contribution in [0.15, 0.2) is 0 Å². The first-order chi connectivity index (χ1) is 12.2. The van der Waals surface area contributed by atoms with Crippen molar-refractivity contribution >= 4 is 29.8 Å². The molecule has 1 unspecified atom stereocenters. The number of ether oxygens (including phenoxy) is 2. The first kappa shape index (κ1) is 24.5. The standard InChI is InChI=1S/C18H29N3O6/c1-11(2)26-14(23)13(9-8-12(22)10-20-19)21-15(24)18(6,7)27-16(25)17(3,4)5/h10-11,13H,8-9H2,1-7H3,(H,21,24). The first-order valence-electron chi connectivity index (χ1n) is 8.66. The summed E-state index contributed by atoms with van der Waals surface area (Å²) in [5.74, 6) is -2.51. The topological polar surface area (TPSA) is 135 Å². The van der Waals surface area contributed by atoms with Crippen molar-refractivity contribution in [1.82, 2.24) is 5.32 Å². The third-order valence-electron chi connectivity index (χ3n) is 3.33. The molecular formula is C18H29N3O6. The van der Waals surface area contributed by atoms with Crippen molar-refractivity contribution < 1.29 is 33.4 Å². The molecule has 9 nitrogen and oxygen atoms in total. The summed E-state index contributed by atoms with van der Waals surface area (Å²) in [6.07, 6.45) is 0.0794.